The molecule has 0 spiro atoms. The van der Waals surface area contributed by atoms with Gasteiger partial charge in [0.05, 0.1) is 0 Å². The monoisotopic (exact) mass is 285 g/mol. The maximum Gasteiger partial charge on any atom is 0.122 e. The van der Waals surface area contributed by atoms with Crippen LogP contribution in [0.15, 0.2) is 18.2 Å². The van der Waals surface area contributed by atoms with Crippen LogP contribution in [0, 0.1) is 0 Å². The molecule has 0 aliphatic carbocycles. The topological polar surface area (TPSA) is 20.2 Å². The number of benzene rings is 1. The normalized spacial score (nSPS) is 10.4. The van der Waals surface area contributed by atoms with Gasteiger partial charge < -0.3 is 5.11 Å². The smallest absolute Gasteiger partial charge is 0.122 e. The van der Waals surface area contributed by atoms with Crippen molar-refractivity contribution in [3.05, 3.63) is 29.3 Å². The Morgan fingerprint density at radius 1 is 0.929 bits per heavy atom. The van der Waals surface area contributed by atoms with Crippen LogP contribution in [0.5, 0.6) is 5.75 Å². The number of hydrogen-bond donors (Lipinski definition) is 1. The van der Waals surface area contributed by atoms with Crippen LogP contribution in [0.3, 0.4) is 0 Å². The van der Waals surface area contributed by atoms with Gasteiger partial charge in [0.1, 0.15) is 5.75 Å². The molecule has 2 heteroatoms. The standard InChI is InChI=1S/C12H18O.Ag/c1-8(2)10-6-5-7-11(9(3)4)12(10)13;/h5-9,13H,1-4H3;. The van der Waals surface area contributed by atoms with Crippen LogP contribution in [-0.2, 0) is 22.4 Å². The Labute approximate surface area is 102 Å². The SMILES string of the molecule is CC(C)c1cccc(C(C)C)c1O.[Ag]. The van der Waals surface area contributed by atoms with Gasteiger partial charge in [-0.15, -0.1) is 0 Å². The maximum absolute atomic E-state index is 9.93. The van der Waals surface area contributed by atoms with Crippen molar-refractivity contribution in [1.82, 2.24) is 0 Å². The van der Waals surface area contributed by atoms with E-state index in [1.165, 1.54) is 0 Å². The zero-order valence-corrected chi connectivity index (χ0v) is 10.6. The van der Waals surface area contributed by atoms with Crippen molar-refractivity contribution in [2.75, 3.05) is 0 Å². The molecule has 0 aliphatic rings. The number of hydrogen-bond acceptors (Lipinski definition) is 1. The zero-order valence-electron chi connectivity index (χ0n) is 9.14. The molecule has 1 aromatic rings. The molecule has 1 nitrogen and oxygen atoms in total. The molecule has 0 saturated carbocycles. The molecule has 0 amide bonds. The van der Waals surface area contributed by atoms with E-state index in [4.69, 9.17) is 0 Å². The van der Waals surface area contributed by atoms with E-state index in [9.17, 15) is 5.11 Å². The van der Waals surface area contributed by atoms with Crippen LogP contribution in [0.2, 0.25) is 0 Å². The summed E-state index contributed by atoms with van der Waals surface area (Å²) in [4.78, 5) is 0. The van der Waals surface area contributed by atoms with E-state index in [0.717, 1.165) is 11.1 Å². The Balaban J connectivity index is 0.00000169. The van der Waals surface area contributed by atoms with Gasteiger partial charge >= 0.3 is 0 Å². The minimum atomic E-state index is 0. The molecule has 1 radical (unpaired) electrons. The van der Waals surface area contributed by atoms with Gasteiger partial charge in [0.15, 0.2) is 0 Å². The van der Waals surface area contributed by atoms with E-state index < -0.39 is 0 Å². The fraction of sp³-hybridized carbons (Fsp3) is 0.500. The van der Waals surface area contributed by atoms with E-state index in [0.29, 0.717) is 17.6 Å². The average Bonchev–Trinajstić information content (AvgIpc) is 2.03. The minimum Gasteiger partial charge on any atom is -0.507 e. The first-order valence-electron chi connectivity index (χ1n) is 4.85. The number of rotatable bonds is 2. The first-order valence-corrected chi connectivity index (χ1v) is 4.85. The van der Waals surface area contributed by atoms with Crippen molar-refractivity contribution in [3.8, 4) is 5.75 Å². The van der Waals surface area contributed by atoms with Gasteiger partial charge in [-0.3, -0.25) is 0 Å². The average molecular weight is 286 g/mol. The third-order valence-electron chi connectivity index (χ3n) is 2.34. The molecule has 0 atom stereocenters. The molecule has 0 unspecified atom stereocenters. The maximum atomic E-state index is 9.93. The zero-order chi connectivity index (χ0) is 10.0. The van der Waals surface area contributed by atoms with Gasteiger partial charge in [-0.1, -0.05) is 45.9 Å². The van der Waals surface area contributed by atoms with Crippen molar-refractivity contribution < 1.29 is 27.5 Å². The summed E-state index contributed by atoms with van der Waals surface area (Å²) in [6.07, 6.45) is 0. The van der Waals surface area contributed by atoms with Crippen molar-refractivity contribution in [3.63, 3.8) is 0 Å². The summed E-state index contributed by atoms with van der Waals surface area (Å²) < 4.78 is 0. The molecule has 0 bridgehead atoms. The van der Waals surface area contributed by atoms with Crippen LogP contribution >= 0.6 is 0 Å². The summed E-state index contributed by atoms with van der Waals surface area (Å²) in [6, 6.07) is 6.00. The van der Waals surface area contributed by atoms with Gasteiger partial charge in [-0.05, 0) is 23.0 Å². The molecule has 83 valence electrons. The molecule has 0 aliphatic heterocycles. The summed E-state index contributed by atoms with van der Waals surface area (Å²) in [6.45, 7) is 8.39. The summed E-state index contributed by atoms with van der Waals surface area (Å²) in [7, 11) is 0. The fourth-order valence-corrected chi connectivity index (χ4v) is 1.51. The van der Waals surface area contributed by atoms with Gasteiger partial charge in [0.25, 0.3) is 0 Å². The second-order valence-corrected chi connectivity index (χ2v) is 4.09. The van der Waals surface area contributed by atoms with Crippen molar-refractivity contribution in [1.29, 1.82) is 0 Å². The number of phenolic OH excluding ortho intramolecular Hbond substituents is 1. The van der Waals surface area contributed by atoms with E-state index in [1.54, 1.807) is 0 Å². The number of para-hydroxylation sites is 1. The summed E-state index contributed by atoms with van der Waals surface area (Å²) in [5, 5.41) is 9.93. The summed E-state index contributed by atoms with van der Waals surface area (Å²) in [5.74, 6) is 1.25. The molecule has 1 aromatic carbocycles. The van der Waals surface area contributed by atoms with E-state index >= 15 is 0 Å². The fourth-order valence-electron chi connectivity index (χ4n) is 1.51. The molecule has 0 aromatic heterocycles. The third kappa shape index (κ3) is 2.88. The molecule has 0 fully saturated rings. The van der Waals surface area contributed by atoms with Crippen molar-refractivity contribution in [2.24, 2.45) is 0 Å². The van der Waals surface area contributed by atoms with Crippen LogP contribution in [0.1, 0.15) is 50.7 Å². The number of phenols is 1. The molecule has 14 heavy (non-hydrogen) atoms. The number of aromatic hydroxyl groups is 1. The van der Waals surface area contributed by atoms with E-state index in [2.05, 4.69) is 27.7 Å². The largest absolute Gasteiger partial charge is 0.507 e. The molecular formula is C12H18AgO. The molecule has 0 saturated heterocycles. The second kappa shape index (κ2) is 5.59. The summed E-state index contributed by atoms with van der Waals surface area (Å²) >= 11 is 0. The molecule has 1 rings (SSSR count). The van der Waals surface area contributed by atoms with Gasteiger partial charge in [-0.25, -0.2) is 0 Å². The van der Waals surface area contributed by atoms with Gasteiger partial charge in [-0.2, -0.15) is 0 Å². The van der Waals surface area contributed by atoms with Crippen LogP contribution in [0.4, 0.5) is 0 Å². The summed E-state index contributed by atoms with van der Waals surface area (Å²) in [5.41, 5.74) is 2.09. The first kappa shape index (κ1) is 13.8. The third-order valence-corrected chi connectivity index (χ3v) is 2.34. The van der Waals surface area contributed by atoms with E-state index in [-0.39, 0.29) is 22.4 Å². The van der Waals surface area contributed by atoms with Crippen molar-refractivity contribution >= 4 is 0 Å². The van der Waals surface area contributed by atoms with E-state index in [1.807, 2.05) is 18.2 Å². The molecular weight excluding hydrogens is 268 g/mol. The van der Waals surface area contributed by atoms with Crippen molar-refractivity contribution in [2.45, 2.75) is 39.5 Å². The van der Waals surface area contributed by atoms with Crippen LogP contribution < -0.4 is 0 Å². The Kier molecular flexibility index (Phi) is 5.50. The molecule has 0 heterocycles. The van der Waals surface area contributed by atoms with Gasteiger partial charge in [0.2, 0.25) is 0 Å². The van der Waals surface area contributed by atoms with Gasteiger partial charge in [0, 0.05) is 22.4 Å². The Morgan fingerprint density at radius 2 is 1.29 bits per heavy atom. The quantitative estimate of drug-likeness (QED) is 0.823. The minimum absolute atomic E-state index is 0. The Bertz CT molecular complexity index is 266. The van der Waals surface area contributed by atoms with Crippen LogP contribution in [0.25, 0.3) is 0 Å². The van der Waals surface area contributed by atoms with Crippen LogP contribution in [-0.4, -0.2) is 5.11 Å². The second-order valence-electron chi connectivity index (χ2n) is 4.09. The molecule has 1 N–H and O–H groups in total. The Morgan fingerprint density at radius 3 is 1.57 bits per heavy atom. The first-order chi connectivity index (χ1) is 6.04. The predicted molar refractivity (Wildman–Crippen MR) is 56.3 cm³/mol. The Hall–Kier alpha value is -0.240. The predicted octanol–water partition coefficient (Wildman–Crippen LogP) is 3.64.